The van der Waals surface area contributed by atoms with Crippen LogP contribution < -0.4 is 10.6 Å². The van der Waals surface area contributed by atoms with Gasteiger partial charge in [0, 0.05) is 31.7 Å². The molecule has 1 aromatic rings. The first kappa shape index (κ1) is 19.9. The summed E-state index contributed by atoms with van der Waals surface area (Å²) in [7, 11) is -3.52. The smallest absolute Gasteiger partial charge is 0.319 e. The van der Waals surface area contributed by atoms with Gasteiger partial charge < -0.3 is 15.7 Å². The van der Waals surface area contributed by atoms with E-state index in [0.29, 0.717) is 25.2 Å². The number of amides is 2. The Balaban J connectivity index is 2.61. The number of hydrogen-bond donors (Lipinski definition) is 3. The van der Waals surface area contributed by atoms with E-state index >= 15 is 0 Å². The van der Waals surface area contributed by atoms with Crippen molar-refractivity contribution in [1.29, 1.82) is 0 Å². The molecule has 3 N–H and O–H groups in total. The molecule has 1 aromatic carbocycles. The monoisotopic (exact) mass is 357 g/mol. The quantitative estimate of drug-likeness (QED) is 0.582. The van der Waals surface area contributed by atoms with Gasteiger partial charge >= 0.3 is 12.0 Å². The van der Waals surface area contributed by atoms with Crippen molar-refractivity contribution in [2.24, 2.45) is 0 Å². The Morgan fingerprint density at radius 2 is 1.71 bits per heavy atom. The van der Waals surface area contributed by atoms with Gasteiger partial charge in [0.05, 0.1) is 4.90 Å². The minimum atomic E-state index is -3.52. The summed E-state index contributed by atoms with van der Waals surface area (Å²) < 4.78 is 26.0. The standard InChI is InChI=1S/C15H23N3O5S/c1-3-18(4-2)24(22,23)13-9-7-12(8-10-13)17-15(21)16-11-5-6-14(19)20/h7-10H,3-6,11H2,1-2H3,(H,19,20)(H2,16,17,21). The van der Waals surface area contributed by atoms with Crippen molar-refractivity contribution in [3.63, 3.8) is 0 Å². The fourth-order valence-electron chi connectivity index (χ4n) is 2.04. The molecule has 0 aliphatic rings. The van der Waals surface area contributed by atoms with Gasteiger partial charge in [-0.1, -0.05) is 13.8 Å². The van der Waals surface area contributed by atoms with Crippen LogP contribution in [0.5, 0.6) is 0 Å². The maximum Gasteiger partial charge on any atom is 0.319 e. The van der Waals surface area contributed by atoms with Gasteiger partial charge in [-0.15, -0.1) is 0 Å². The first-order chi connectivity index (χ1) is 11.3. The lowest BCUT2D eigenvalue weighted by Gasteiger charge is -2.18. The SMILES string of the molecule is CCN(CC)S(=O)(=O)c1ccc(NC(=O)NCCCC(=O)O)cc1. The number of carboxylic acid groups (broad SMARTS) is 1. The van der Waals surface area contributed by atoms with Crippen molar-refractivity contribution in [3.05, 3.63) is 24.3 Å². The van der Waals surface area contributed by atoms with Crippen molar-refractivity contribution >= 4 is 27.7 Å². The van der Waals surface area contributed by atoms with Crippen LogP contribution in [-0.2, 0) is 14.8 Å². The summed E-state index contributed by atoms with van der Waals surface area (Å²) in [6, 6.07) is 5.42. The average Bonchev–Trinajstić information content (AvgIpc) is 2.53. The fraction of sp³-hybridized carbons (Fsp3) is 0.467. The molecule has 0 atom stereocenters. The number of rotatable bonds is 9. The molecular formula is C15H23N3O5S. The molecule has 0 heterocycles. The molecule has 0 aliphatic heterocycles. The van der Waals surface area contributed by atoms with E-state index in [1.54, 1.807) is 13.8 Å². The number of nitrogens with one attached hydrogen (secondary N) is 2. The van der Waals surface area contributed by atoms with Gasteiger partial charge in [-0.05, 0) is 30.7 Å². The van der Waals surface area contributed by atoms with E-state index in [9.17, 15) is 18.0 Å². The van der Waals surface area contributed by atoms with Crippen LogP contribution in [0, 0.1) is 0 Å². The van der Waals surface area contributed by atoms with Gasteiger partial charge in [0.25, 0.3) is 0 Å². The highest BCUT2D eigenvalue weighted by Gasteiger charge is 2.21. The zero-order chi connectivity index (χ0) is 18.2. The van der Waals surface area contributed by atoms with Gasteiger partial charge in [0.15, 0.2) is 0 Å². The lowest BCUT2D eigenvalue weighted by molar-refractivity contribution is -0.137. The van der Waals surface area contributed by atoms with Crippen LogP contribution >= 0.6 is 0 Å². The van der Waals surface area contributed by atoms with Crippen LogP contribution in [0.4, 0.5) is 10.5 Å². The van der Waals surface area contributed by atoms with Gasteiger partial charge in [0.1, 0.15) is 0 Å². The predicted molar refractivity (Wildman–Crippen MR) is 90.4 cm³/mol. The number of carbonyl (C=O) groups is 2. The van der Waals surface area contributed by atoms with Gasteiger partial charge in [-0.2, -0.15) is 4.31 Å². The molecule has 2 amide bonds. The minimum absolute atomic E-state index is 0.0157. The number of carboxylic acids is 1. The molecule has 0 unspecified atom stereocenters. The van der Waals surface area contributed by atoms with Crippen LogP contribution in [0.2, 0.25) is 0 Å². The molecule has 1 rings (SSSR count). The molecule has 9 heteroatoms. The first-order valence-corrected chi connectivity index (χ1v) is 9.12. The van der Waals surface area contributed by atoms with Crippen LogP contribution in [0.15, 0.2) is 29.2 Å². The molecule has 24 heavy (non-hydrogen) atoms. The number of sulfonamides is 1. The number of carbonyl (C=O) groups excluding carboxylic acids is 1. The van der Waals surface area contributed by atoms with E-state index in [4.69, 9.17) is 5.11 Å². The number of benzene rings is 1. The molecule has 0 aromatic heterocycles. The highest BCUT2D eigenvalue weighted by atomic mass is 32.2. The van der Waals surface area contributed by atoms with E-state index in [-0.39, 0.29) is 17.9 Å². The molecule has 0 bridgehead atoms. The number of urea groups is 1. The van der Waals surface area contributed by atoms with Crippen molar-refractivity contribution < 1.29 is 23.1 Å². The molecular weight excluding hydrogens is 334 g/mol. The maximum atomic E-state index is 12.3. The normalized spacial score (nSPS) is 11.3. The maximum absolute atomic E-state index is 12.3. The molecule has 0 radical (unpaired) electrons. The van der Waals surface area contributed by atoms with E-state index in [1.165, 1.54) is 28.6 Å². The molecule has 0 saturated carbocycles. The highest BCUT2D eigenvalue weighted by molar-refractivity contribution is 7.89. The van der Waals surface area contributed by atoms with E-state index in [1.807, 2.05) is 0 Å². The Labute approximate surface area is 141 Å². The van der Waals surface area contributed by atoms with Gasteiger partial charge in [-0.25, -0.2) is 13.2 Å². The Bertz CT molecular complexity index is 654. The largest absolute Gasteiger partial charge is 0.481 e. The summed E-state index contributed by atoms with van der Waals surface area (Å²) >= 11 is 0. The summed E-state index contributed by atoms with van der Waals surface area (Å²) in [5, 5.41) is 13.6. The lowest BCUT2D eigenvalue weighted by Crippen LogP contribution is -2.31. The molecule has 8 nitrogen and oxygen atoms in total. The molecule has 0 spiro atoms. The molecule has 0 fully saturated rings. The number of aliphatic carboxylic acids is 1. The summed E-state index contributed by atoms with van der Waals surface area (Å²) in [5.74, 6) is -0.915. The third-order valence-electron chi connectivity index (χ3n) is 3.31. The second-order valence-electron chi connectivity index (χ2n) is 4.99. The van der Waals surface area contributed by atoms with Gasteiger partial charge in [0.2, 0.25) is 10.0 Å². The summed E-state index contributed by atoms with van der Waals surface area (Å²) in [5.41, 5.74) is 0.448. The van der Waals surface area contributed by atoms with Crippen molar-refractivity contribution in [2.45, 2.75) is 31.6 Å². The van der Waals surface area contributed by atoms with Crippen molar-refractivity contribution in [1.82, 2.24) is 9.62 Å². The zero-order valence-electron chi connectivity index (χ0n) is 13.8. The average molecular weight is 357 g/mol. The molecule has 0 saturated heterocycles. The number of nitrogens with zero attached hydrogens (tertiary/aromatic N) is 1. The molecule has 134 valence electrons. The molecule has 0 aliphatic carbocycles. The Morgan fingerprint density at radius 1 is 1.12 bits per heavy atom. The minimum Gasteiger partial charge on any atom is -0.481 e. The van der Waals surface area contributed by atoms with Crippen LogP contribution in [0.3, 0.4) is 0 Å². The Kier molecular flexibility index (Phi) is 7.66. The Morgan fingerprint density at radius 3 is 2.21 bits per heavy atom. The first-order valence-electron chi connectivity index (χ1n) is 7.68. The van der Waals surface area contributed by atoms with Crippen molar-refractivity contribution in [2.75, 3.05) is 25.0 Å². The predicted octanol–water partition coefficient (Wildman–Crippen LogP) is 1.70. The zero-order valence-corrected chi connectivity index (χ0v) is 14.6. The van der Waals surface area contributed by atoms with E-state index < -0.39 is 22.0 Å². The fourth-order valence-corrected chi connectivity index (χ4v) is 3.50. The Hall–Kier alpha value is -2.13. The third-order valence-corrected chi connectivity index (χ3v) is 5.37. The van der Waals surface area contributed by atoms with Crippen LogP contribution in [0.1, 0.15) is 26.7 Å². The number of anilines is 1. The summed E-state index contributed by atoms with van der Waals surface area (Å²) in [6.07, 6.45) is 0.321. The number of hydrogen-bond acceptors (Lipinski definition) is 4. The summed E-state index contributed by atoms with van der Waals surface area (Å²) in [6.45, 7) is 4.55. The van der Waals surface area contributed by atoms with Crippen LogP contribution in [0.25, 0.3) is 0 Å². The summed E-state index contributed by atoms with van der Waals surface area (Å²) in [4.78, 5) is 22.2. The van der Waals surface area contributed by atoms with Crippen molar-refractivity contribution in [3.8, 4) is 0 Å². The second-order valence-corrected chi connectivity index (χ2v) is 6.93. The highest BCUT2D eigenvalue weighted by Crippen LogP contribution is 2.18. The lowest BCUT2D eigenvalue weighted by atomic mass is 10.3. The third kappa shape index (κ3) is 5.82. The van der Waals surface area contributed by atoms with E-state index in [2.05, 4.69) is 10.6 Å². The second kappa shape index (κ2) is 9.24. The van der Waals surface area contributed by atoms with Gasteiger partial charge in [-0.3, -0.25) is 4.79 Å². The van der Waals surface area contributed by atoms with Crippen LogP contribution in [-0.4, -0.2) is 49.5 Å². The van der Waals surface area contributed by atoms with E-state index in [0.717, 1.165) is 0 Å². The topological polar surface area (TPSA) is 116 Å².